The second-order valence-electron chi connectivity index (χ2n) is 3.89. The summed E-state index contributed by atoms with van der Waals surface area (Å²) in [7, 11) is -8.25. The molecule has 4 N–H and O–H groups in total. The van der Waals surface area contributed by atoms with Crippen molar-refractivity contribution in [3.63, 3.8) is 0 Å². The minimum Gasteiger partial charge on any atom is -0.269 e. The van der Waals surface area contributed by atoms with Gasteiger partial charge < -0.3 is 0 Å². The summed E-state index contributed by atoms with van der Waals surface area (Å²) in [5.74, 6) is 0. The Bertz CT molecular complexity index is 707. The van der Waals surface area contributed by atoms with Gasteiger partial charge in [-0.15, -0.1) is 0 Å². The highest BCUT2D eigenvalue weighted by molar-refractivity contribution is 7.87. The van der Waals surface area contributed by atoms with Crippen LogP contribution in [-0.2, 0) is 20.6 Å². The Morgan fingerprint density at radius 2 is 0.864 bits per heavy atom. The lowest BCUT2D eigenvalue weighted by atomic mass is 10.3. The van der Waals surface area contributed by atoms with Gasteiger partial charge in [0.05, 0.1) is 11.4 Å². The van der Waals surface area contributed by atoms with Gasteiger partial charge >= 0.3 is 20.6 Å². The number of hydrogen-bond acceptors (Lipinski definition) is 4. The molecule has 0 atom stereocenters. The Kier molecular flexibility index (Phi) is 6.31. The van der Waals surface area contributed by atoms with Crippen LogP contribution in [0, 0.1) is 0 Å². The Hall–Kier alpha value is -2.14. The summed E-state index contributed by atoms with van der Waals surface area (Å²) in [5.41, 5.74) is 0.685. The quantitative estimate of drug-likeness (QED) is 0.624. The van der Waals surface area contributed by atoms with Gasteiger partial charge in [-0.3, -0.25) is 18.5 Å². The molecule has 2 aromatic rings. The monoisotopic (exact) mass is 346 g/mol. The molecule has 0 aliphatic carbocycles. The average molecular weight is 346 g/mol. The standard InChI is InChI=1S/2C6H7NO3S/c2*8-11(9,10)7-6-4-2-1-3-5-6/h2*1-5,7H,(H,8,9,10). The molecule has 0 amide bonds. The minimum absolute atomic E-state index is 0.343. The van der Waals surface area contributed by atoms with Gasteiger partial charge in [-0.25, -0.2) is 0 Å². The third-order valence-electron chi connectivity index (χ3n) is 2.04. The number of hydrogen-bond donors (Lipinski definition) is 4. The van der Waals surface area contributed by atoms with Crippen LogP contribution in [0.15, 0.2) is 60.7 Å². The van der Waals surface area contributed by atoms with Crippen molar-refractivity contribution in [2.24, 2.45) is 0 Å². The number of para-hydroxylation sites is 2. The first kappa shape index (κ1) is 17.9. The Morgan fingerprint density at radius 3 is 1.09 bits per heavy atom. The summed E-state index contributed by atoms with van der Waals surface area (Å²) >= 11 is 0. The molecule has 0 aliphatic rings. The van der Waals surface area contributed by atoms with E-state index in [4.69, 9.17) is 9.11 Å². The molecule has 0 spiro atoms. The molecule has 2 aromatic carbocycles. The zero-order chi connectivity index (χ0) is 16.6. The van der Waals surface area contributed by atoms with Crippen LogP contribution in [0.4, 0.5) is 11.4 Å². The molecule has 0 saturated carbocycles. The predicted octanol–water partition coefficient (Wildman–Crippen LogP) is 1.80. The molecule has 0 unspecified atom stereocenters. The molecular formula is C12H14N2O6S2. The summed E-state index contributed by atoms with van der Waals surface area (Å²) in [6, 6.07) is 16.3. The van der Waals surface area contributed by atoms with Crippen LogP contribution >= 0.6 is 0 Å². The summed E-state index contributed by atoms with van der Waals surface area (Å²) in [6.45, 7) is 0. The van der Waals surface area contributed by atoms with Gasteiger partial charge in [-0.2, -0.15) is 16.8 Å². The van der Waals surface area contributed by atoms with Crippen molar-refractivity contribution in [2.75, 3.05) is 9.44 Å². The normalized spacial score (nSPS) is 11.0. The van der Waals surface area contributed by atoms with Crippen LogP contribution < -0.4 is 9.44 Å². The van der Waals surface area contributed by atoms with E-state index >= 15 is 0 Å². The molecular weight excluding hydrogens is 332 g/mol. The van der Waals surface area contributed by atoms with Crippen LogP contribution in [-0.4, -0.2) is 25.9 Å². The van der Waals surface area contributed by atoms with Crippen LogP contribution in [0.2, 0.25) is 0 Å². The third kappa shape index (κ3) is 8.92. The van der Waals surface area contributed by atoms with E-state index in [1.807, 2.05) is 9.44 Å². The van der Waals surface area contributed by atoms with Crippen molar-refractivity contribution in [1.29, 1.82) is 0 Å². The highest BCUT2D eigenvalue weighted by Crippen LogP contribution is 2.06. The van der Waals surface area contributed by atoms with E-state index in [-0.39, 0.29) is 0 Å². The smallest absolute Gasteiger partial charge is 0.269 e. The summed E-state index contributed by atoms with van der Waals surface area (Å²) in [6.07, 6.45) is 0. The molecule has 0 radical (unpaired) electrons. The van der Waals surface area contributed by atoms with E-state index in [0.717, 1.165) is 0 Å². The van der Waals surface area contributed by atoms with Gasteiger partial charge in [0.25, 0.3) is 0 Å². The number of rotatable bonds is 4. The van der Waals surface area contributed by atoms with E-state index in [1.165, 1.54) is 24.3 Å². The first-order chi connectivity index (χ1) is 10.2. The van der Waals surface area contributed by atoms with Gasteiger partial charge in [0.2, 0.25) is 0 Å². The van der Waals surface area contributed by atoms with Crippen molar-refractivity contribution in [1.82, 2.24) is 0 Å². The largest absolute Gasteiger partial charge is 0.357 e. The highest BCUT2D eigenvalue weighted by Gasteiger charge is 2.01. The van der Waals surface area contributed by atoms with E-state index < -0.39 is 20.6 Å². The molecule has 10 heteroatoms. The molecule has 0 bridgehead atoms. The van der Waals surface area contributed by atoms with Gasteiger partial charge in [-0.05, 0) is 24.3 Å². The first-order valence-corrected chi connectivity index (χ1v) is 8.64. The lowest BCUT2D eigenvalue weighted by molar-refractivity contribution is 0.487. The zero-order valence-electron chi connectivity index (χ0n) is 11.1. The van der Waals surface area contributed by atoms with Gasteiger partial charge in [-0.1, -0.05) is 36.4 Å². The van der Waals surface area contributed by atoms with E-state index in [9.17, 15) is 16.8 Å². The fourth-order valence-corrected chi connectivity index (χ4v) is 2.18. The average Bonchev–Trinajstić information content (AvgIpc) is 2.38. The summed E-state index contributed by atoms with van der Waals surface area (Å²) in [4.78, 5) is 0. The van der Waals surface area contributed by atoms with Crippen molar-refractivity contribution in [2.45, 2.75) is 0 Å². The number of nitrogens with one attached hydrogen (secondary N) is 2. The van der Waals surface area contributed by atoms with Gasteiger partial charge in [0.15, 0.2) is 0 Å². The van der Waals surface area contributed by atoms with E-state index in [2.05, 4.69) is 0 Å². The third-order valence-corrected chi connectivity index (χ3v) is 3.03. The Balaban J connectivity index is 0.000000220. The lowest BCUT2D eigenvalue weighted by Gasteiger charge is -1.99. The summed E-state index contributed by atoms with van der Waals surface area (Å²) < 4.78 is 61.5. The second kappa shape index (κ2) is 7.75. The Morgan fingerprint density at radius 1 is 0.591 bits per heavy atom. The van der Waals surface area contributed by atoms with Crippen LogP contribution in [0.3, 0.4) is 0 Å². The highest BCUT2D eigenvalue weighted by atomic mass is 32.2. The summed E-state index contributed by atoms with van der Waals surface area (Å²) in [5, 5.41) is 0. The number of benzene rings is 2. The number of anilines is 2. The molecule has 0 aromatic heterocycles. The molecule has 0 aliphatic heterocycles. The van der Waals surface area contributed by atoms with Crippen LogP contribution in [0.5, 0.6) is 0 Å². The fourth-order valence-electron chi connectivity index (χ4n) is 1.31. The molecule has 22 heavy (non-hydrogen) atoms. The van der Waals surface area contributed by atoms with E-state index in [1.54, 1.807) is 36.4 Å². The van der Waals surface area contributed by atoms with Gasteiger partial charge in [0, 0.05) is 0 Å². The first-order valence-electron chi connectivity index (χ1n) is 5.76. The Labute approximate surface area is 128 Å². The van der Waals surface area contributed by atoms with Crippen LogP contribution in [0.25, 0.3) is 0 Å². The SMILES string of the molecule is O=S(=O)(O)Nc1ccccc1.O=S(=O)(O)Nc1ccccc1. The fraction of sp³-hybridized carbons (Fsp3) is 0. The van der Waals surface area contributed by atoms with Crippen molar-refractivity contribution >= 4 is 32.0 Å². The maximum Gasteiger partial charge on any atom is 0.357 e. The van der Waals surface area contributed by atoms with E-state index in [0.29, 0.717) is 11.4 Å². The molecule has 2 rings (SSSR count). The van der Waals surface area contributed by atoms with Crippen molar-refractivity contribution in [3.8, 4) is 0 Å². The molecule has 0 fully saturated rings. The maximum absolute atomic E-state index is 10.2. The zero-order valence-corrected chi connectivity index (χ0v) is 12.8. The molecule has 0 heterocycles. The second-order valence-corrected chi connectivity index (χ2v) is 6.19. The maximum atomic E-state index is 10.2. The van der Waals surface area contributed by atoms with Crippen molar-refractivity contribution < 1.29 is 25.9 Å². The molecule has 120 valence electrons. The minimum atomic E-state index is -4.13. The lowest BCUT2D eigenvalue weighted by Crippen LogP contribution is -2.09. The topological polar surface area (TPSA) is 133 Å². The van der Waals surface area contributed by atoms with Crippen LogP contribution in [0.1, 0.15) is 0 Å². The molecule has 0 saturated heterocycles. The predicted molar refractivity (Wildman–Crippen MR) is 83.2 cm³/mol. The van der Waals surface area contributed by atoms with Gasteiger partial charge in [0.1, 0.15) is 0 Å². The molecule has 8 nitrogen and oxygen atoms in total. The van der Waals surface area contributed by atoms with Crippen molar-refractivity contribution in [3.05, 3.63) is 60.7 Å².